The van der Waals surface area contributed by atoms with Crippen LogP contribution in [0.15, 0.2) is 48.7 Å². The zero-order valence-electron chi connectivity index (χ0n) is 12.1. The van der Waals surface area contributed by atoms with E-state index in [1.807, 2.05) is 67.5 Å². The third-order valence-corrected chi connectivity index (χ3v) is 3.55. The predicted molar refractivity (Wildman–Crippen MR) is 84.7 cm³/mol. The Kier molecular flexibility index (Phi) is 3.54. The van der Waals surface area contributed by atoms with Gasteiger partial charge in [-0.3, -0.25) is 4.98 Å². The molecule has 1 aromatic carbocycles. The minimum Gasteiger partial charge on any atom is -0.392 e. The number of aliphatic hydroxyl groups excluding tert-OH is 1. The number of benzene rings is 1. The van der Waals surface area contributed by atoms with Crippen molar-refractivity contribution in [1.82, 2.24) is 9.97 Å². The monoisotopic (exact) mass is 279 g/mol. The molecule has 0 spiro atoms. The highest BCUT2D eigenvalue weighted by Gasteiger charge is 2.07. The van der Waals surface area contributed by atoms with E-state index in [9.17, 15) is 5.11 Å². The number of anilines is 2. The number of aromatic nitrogens is 2. The van der Waals surface area contributed by atoms with Crippen LogP contribution in [0.1, 0.15) is 11.3 Å². The molecule has 3 rings (SSSR count). The summed E-state index contributed by atoms with van der Waals surface area (Å²) in [5, 5.41) is 10.2. The van der Waals surface area contributed by atoms with Crippen molar-refractivity contribution in [2.24, 2.45) is 0 Å². The summed E-state index contributed by atoms with van der Waals surface area (Å²) in [5.41, 5.74) is 3.80. The van der Waals surface area contributed by atoms with Crippen molar-refractivity contribution < 1.29 is 5.11 Å². The number of hydrogen-bond acceptors (Lipinski definition) is 4. The van der Waals surface area contributed by atoms with Gasteiger partial charge in [-0.1, -0.05) is 6.07 Å². The van der Waals surface area contributed by atoms with Crippen LogP contribution in [-0.2, 0) is 6.61 Å². The molecule has 21 heavy (non-hydrogen) atoms. The smallest absolute Gasteiger partial charge is 0.133 e. The molecule has 0 radical (unpaired) electrons. The maximum Gasteiger partial charge on any atom is 0.133 e. The van der Waals surface area contributed by atoms with Gasteiger partial charge in [0.05, 0.1) is 24.0 Å². The van der Waals surface area contributed by atoms with Gasteiger partial charge in [0.25, 0.3) is 0 Å². The highest BCUT2D eigenvalue weighted by molar-refractivity contribution is 5.81. The summed E-state index contributed by atoms with van der Waals surface area (Å²) in [5.74, 6) is 0.866. The molecule has 0 atom stereocenters. The Morgan fingerprint density at radius 1 is 1.10 bits per heavy atom. The van der Waals surface area contributed by atoms with Crippen molar-refractivity contribution in [2.75, 3.05) is 11.9 Å². The summed E-state index contributed by atoms with van der Waals surface area (Å²) >= 11 is 0. The number of aryl methyl sites for hydroxylation is 1. The van der Waals surface area contributed by atoms with Gasteiger partial charge in [-0.2, -0.15) is 0 Å². The highest BCUT2D eigenvalue weighted by atomic mass is 16.3. The second-order valence-corrected chi connectivity index (χ2v) is 5.07. The molecular weight excluding hydrogens is 262 g/mol. The average Bonchev–Trinajstić information content (AvgIpc) is 2.54. The summed E-state index contributed by atoms with van der Waals surface area (Å²) in [6.45, 7) is 2.02. The van der Waals surface area contributed by atoms with E-state index in [1.165, 1.54) is 0 Å². The fourth-order valence-electron chi connectivity index (χ4n) is 2.24. The van der Waals surface area contributed by atoms with E-state index in [0.717, 1.165) is 33.7 Å². The van der Waals surface area contributed by atoms with Crippen molar-refractivity contribution in [3.8, 4) is 0 Å². The molecular formula is C17H17N3O. The molecule has 0 amide bonds. The Balaban J connectivity index is 1.98. The van der Waals surface area contributed by atoms with Crippen LogP contribution in [0.2, 0.25) is 0 Å². The summed E-state index contributed by atoms with van der Waals surface area (Å²) in [6, 6.07) is 13.8. The molecule has 106 valence electrons. The van der Waals surface area contributed by atoms with Crippen molar-refractivity contribution in [1.29, 1.82) is 0 Å². The molecule has 0 aliphatic carbocycles. The van der Waals surface area contributed by atoms with E-state index < -0.39 is 0 Å². The highest BCUT2D eigenvalue weighted by Crippen LogP contribution is 2.24. The molecule has 1 N–H and O–H groups in total. The maximum absolute atomic E-state index is 9.18. The van der Waals surface area contributed by atoms with Crippen LogP contribution >= 0.6 is 0 Å². The lowest BCUT2D eigenvalue weighted by atomic mass is 10.1. The predicted octanol–water partition coefficient (Wildman–Crippen LogP) is 3.20. The lowest BCUT2D eigenvalue weighted by Gasteiger charge is -2.18. The van der Waals surface area contributed by atoms with Crippen LogP contribution in [0.25, 0.3) is 10.9 Å². The van der Waals surface area contributed by atoms with Crippen molar-refractivity contribution in [3.05, 3.63) is 59.9 Å². The fourth-order valence-corrected chi connectivity index (χ4v) is 2.24. The van der Waals surface area contributed by atoms with Crippen molar-refractivity contribution in [3.63, 3.8) is 0 Å². The number of nitrogens with zero attached hydrogens (tertiary/aromatic N) is 3. The topological polar surface area (TPSA) is 49.2 Å². The second kappa shape index (κ2) is 5.50. The van der Waals surface area contributed by atoms with Crippen LogP contribution in [0, 0.1) is 6.92 Å². The Morgan fingerprint density at radius 2 is 1.95 bits per heavy atom. The van der Waals surface area contributed by atoms with Gasteiger partial charge in [0.15, 0.2) is 0 Å². The molecule has 2 aromatic heterocycles. The molecule has 2 heterocycles. The van der Waals surface area contributed by atoms with Crippen LogP contribution in [0.4, 0.5) is 11.5 Å². The van der Waals surface area contributed by atoms with Gasteiger partial charge in [0.1, 0.15) is 5.82 Å². The zero-order chi connectivity index (χ0) is 14.8. The van der Waals surface area contributed by atoms with Crippen LogP contribution in [0.5, 0.6) is 0 Å². The van der Waals surface area contributed by atoms with Gasteiger partial charge in [-0.05, 0) is 48.9 Å². The van der Waals surface area contributed by atoms with Gasteiger partial charge in [-0.25, -0.2) is 4.98 Å². The number of fused-ring (bicyclic) bond motifs is 1. The van der Waals surface area contributed by atoms with E-state index in [0.29, 0.717) is 0 Å². The number of rotatable bonds is 3. The first kappa shape index (κ1) is 13.5. The van der Waals surface area contributed by atoms with E-state index in [1.54, 1.807) is 0 Å². The molecule has 3 aromatic rings. The summed E-state index contributed by atoms with van der Waals surface area (Å²) < 4.78 is 0. The third kappa shape index (κ3) is 2.71. The average molecular weight is 279 g/mol. The lowest BCUT2D eigenvalue weighted by molar-refractivity contribution is 0.282. The van der Waals surface area contributed by atoms with Gasteiger partial charge in [0, 0.05) is 18.1 Å². The molecule has 0 unspecified atom stereocenters. The standard InChI is InChI=1S/C17H17N3O/c1-12-3-6-15(10-18-12)20(2)17-8-5-14-9-13(11-21)4-7-16(14)19-17/h3-10,21H,11H2,1-2H3. The fraction of sp³-hybridized carbons (Fsp3) is 0.176. The summed E-state index contributed by atoms with van der Waals surface area (Å²) in [7, 11) is 1.97. The quantitative estimate of drug-likeness (QED) is 0.800. The first-order chi connectivity index (χ1) is 10.2. The maximum atomic E-state index is 9.18. The van der Waals surface area contributed by atoms with Crippen LogP contribution in [-0.4, -0.2) is 22.1 Å². The molecule has 0 aliphatic rings. The number of aliphatic hydroxyl groups is 1. The van der Waals surface area contributed by atoms with Crippen molar-refractivity contribution >= 4 is 22.4 Å². The molecule has 0 bridgehead atoms. The van der Waals surface area contributed by atoms with E-state index in [4.69, 9.17) is 0 Å². The Morgan fingerprint density at radius 3 is 2.67 bits per heavy atom. The van der Waals surface area contributed by atoms with Crippen molar-refractivity contribution in [2.45, 2.75) is 13.5 Å². The Labute approximate surface area is 123 Å². The summed E-state index contributed by atoms with van der Waals surface area (Å²) in [4.78, 5) is 11.0. The first-order valence-electron chi connectivity index (χ1n) is 6.84. The SMILES string of the molecule is Cc1ccc(N(C)c2ccc3cc(CO)ccc3n2)cn1. The van der Waals surface area contributed by atoms with Crippen LogP contribution < -0.4 is 4.90 Å². The van der Waals surface area contributed by atoms with Crippen LogP contribution in [0.3, 0.4) is 0 Å². The molecule has 0 aliphatic heterocycles. The van der Waals surface area contributed by atoms with E-state index >= 15 is 0 Å². The Bertz CT molecular complexity index is 769. The normalized spacial score (nSPS) is 10.8. The van der Waals surface area contributed by atoms with Gasteiger partial charge >= 0.3 is 0 Å². The minimum atomic E-state index is 0.0482. The molecule has 4 nitrogen and oxygen atoms in total. The zero-order valence-corrected chi connectivity index (χ0v) is 12.1. The number of hydrogen-bond donors (Lipinski definition) is 1. The van der Waals surface area contributed by atoms with Gasteiger partial charge in [-0.15, -0.1) is 0 Å². The minimum absolute atomic E-state index is 0.0482. The Hall–Kier alpha value is -2.46. The number of pyridine rings is 2. The van der Waals surface area contributed by atoms with Gasteiger partial charge in [0.2, 0.25) is 0 Å². The van der Waals surface area contributed by atoms with E-state index in [-0.39, 0.29) is 6.61 Å². The summed E-state index contributed by atoms with van der Waals surface area (Å²) in [6.07, 6.45) is 1.84. The first-order valence-corrected chi connectivity index (χ1v) is 6.84. The molecule has 4 heteroatoms. The van der Waals surface area contributed by atoms with E-state index in [2.05, 4.69) is 9.97 Å². The van der Waals surface area contributed by atoms with Gasteiger partial charge < -0.3 is 10.0 Å². The molecule has 0 saturated heterocycles. The third-order valence-electron chi connectivity index (χ3n) is 3.55. The molecule has 0 fully saturated rings. The second-order valence-electron chi connectivity index (χ2n) is 5.07. The largest absolute Gasteiger partial charge is 0.392 e. The molecule has 0 saturated carbocycles. The lowest BCUT2D eigenvalue weighted by Crippen LogP contribution is -2.11.